The molecule has 2 N–H and O–H groups in total. The molecule has 0 bridgehead atoms. The zero-order chi connectivity index (χ0) is 15.5. The first-order chi connectivity index (χ1) is 9.90. The van der Waals surface area contributed by atoms with E-state index in [9.17, 15) is 13.6 Å². The van der Waals surface area contributed by atoms with E-state index in [0.717, 1.165) is 0 Å². The van der Waals surface area contributed by atoms with Gasteiger partial charge in [0.25, 0.3) is 0 Å². The Balaban J connectivity index is 2.05. The molecule has 0 unspecified atom stereocenters. The molecule has 110 valence electrons. The van der Waals surface area contributed by atoms with Crippen LogP contribution in [0.15, 0.2) is 48.5 Å². The number of ether oxygens (including phenoxy) is 1. The van der Waals surface area contributed by atoms with Gasteiger partial charge >= 0.3 is 11.9 Å². The molecule has 0 fully saturated rings. The lowest BCUT2D eigenvalue weighted by atomic mass is 10.1. The number of nitrogen functional groups attached to an aromatic ring is 1. The summed E-state index contributed by atoms with van der Waals surface area (Å²) < 4.78 is 32.4. The molecule has 0 amide bonds. The minimum absolute atomic E-state index is 0.0676. The fraction of sp³-hybridized carbons (Fsp3) is 0.133. The van der Waals surface area contributed by atoms with E-state index in [2.05, 4.69) is 4.74 Å². The maximum Gasteiger partial charge on any atom is 0.338 e. The molecule has 0 aromatic heterocycles. The lowest BCUT2D eigenvalue weighted by molar-refractivity contribution is -0.0661. The van der Waals surface area contributed by atoms with E-state index in [-0.39, 0.29) is 16.1 Å². The molecule has 21 heavy (non-hydrogen) atoms. The van der Waals surface area contributed by atoms with E-state index in [0.29, 0.717) is 5.69 Å². The van der Waals surface area contributed by atoms with Gasteiger partial charge in [0.1, 0.15) is 0 Å². The predicted molar refractivity (Wildman–Crippen MR) is 76.5 cm³/mol. The summed E-state index contributed by atoms with van der Waals surface area (Å²) in [5.74, 6) is -4.14. The van der Waals surface area contributed by atoms with Crippen molar-refractivity contribution in [3.63, 3.8) is 0 Å². The van der Waals surface area contributed by atoms with E-state index in [1.165, 1.54) is 42.5 Å². The first kappa shape index (κ1) is 15.3. The van der Waals surface area contributed by atoms with E-state index in [1.807, 2.05) is 0 Å². The van der Waals surface area contributed by atoms with Crippen molar-refractivity contribution < 1.29 is 18.3 Å². The van der Waals surface area contributed by atoms with Crippen molar-refractivity contribution >= 4 is 23.3 Å². The average Bonchev–Trinajstić information content (AvgIpc) is 2.48. The van der Waals surface area contributed by atoms with Crippen molar-refractivity contribution in [2.24, 2.45) is 0 Å². The second kappa shape index (κ2) is 6.10. The Morgan fingerprint density at radius 2 is 1.86 bits per heavy atom. The zero-order valence-corrected chi connectivity index (χ0v) is 11.6. The second-order valence-electron chi connectivity index (χ2n) is 4.38. The fourth-order valence-electron chi connectivity index (χ4n) is 1.66. The van der Waals surface area contributed by atoms with Crippen molar-refractivity contribution in [1.29, 1.82) is 0 Å². The van der Waals surface area contributed by atoms with Gasteiger partial charge < -0.3 is 10.5 Å². The van der Waals surface area contributed by atoms with Gasteiger partial charge in [0.2, 0.25) is 0 Å². The molecule has 6 heteroatoms. The zero-order valence-electron chi connectivity index (χ0n) is 10.9. The molecule has 2 rings (SSSR count). The summed E-state index contributed by atoms with van der Waals surface area (Å²) >= 11 is 5.76. The Bertz CT molecular complexity index is 647. The number of hydrogen-bond acceptors (Lipinski definition) is 3. The van der Waals surface area contributed by atoms with Gasteiger partial charge in [-0.25, -0.2) is 4.79 Å². The molecule has 3 nitrogen and oxygen atoms in total. The third-order valence-corrected chi connectivity index (χ3v) is 3.14. The average molecular weight is 312 g/mol. The number of alkyl halides is 2. The Hall–Kier alpha value is -2.14. The van der Waals surface area contributed by atoms with Gasteiger partial charge in [0.15, 0.2) is 6.61 Å². The lowest BCUT2D eigenvalue weighted by Crippen LogP contribution is -2.23. The number of carbonyl (C=O) groups is 1. The normalized spacial score (nSPS) is 11.2. The van der Waals surface area contributed by atoms with Gasteiger partial charge in [-0.1, -0.05) is 41.9 Å². The summed E-state index contributed by atoms with van der Waals surface area (Å²) in [6, 6.07) is 11.2. The number of halogens is 3. The van der Waals surface area contributed by atoms with Crippen LogP contribution in [0.5, 0.6) is 0 Å². The van der Waals surface area contributed by atoms with Crippen molar-refractivity contribution in [2.75, 3.05) is 12.3 Å². The van der Waals surface area contributed by atoms with Crippen LogP contribution in [0.1, 0.15) is 15.9 Å². The highest BCUT2D eigenvalue weighted by molar-refractivity contribution is 6.33. The van der Waals surface area contributed by atoms with Crippen molar-refractivity contribution in [3.05, 3.63) is 64.7 Å². The van der Waals surface area contributed by atoms with Gasteiger partial charge in [0.05, 0.1) is 16.3 Å². The van der Waals surface area contributed by atoms with Crippen LogP contribution in [0.2, 0.25) is 5.02 Å². The van der Waals surface area contributed by atoms with Gasteiger partial charge in [-0.2, -0.15) is 8.78 Å². The monoisotopic (exact) mass is 311 g/mol. The molecule has 0 heterocycles. The van der Waals surface area contributed by atoms with E-state index in [4.69, 9.17) is 17.3 Å². The number of benzene rings is 2. The van der Waals surface area contributed by atoms with E-state index >= 15 is 0 Å². The molecule has 0 aliphatic carbocycles. The topological polar surface area (TPSA) is 52.3 Å². The first-order valence-corrected chi connectivity index (χ1v) is 6.43. The summed E-state index contributed by atoms with van der Waals surface area (Å²) in [6.45, 7) is -1.04. The van der Waals surface area contributed by atoms with E-state index < -0.39 is 18.5 Å². The molecule has 0 aliphatic heterocycles. The Morgan fingerprint density at radius 3 is 2.48 bits per heavy atom. The van der Waals surface area contributed by atoms with Gasteiger partial charge in [-0.15, -0.1) is 0 Å². The number of carbonyl (C=O) groups excluding carboxylic acids is 1. The summed E-state index contributed by atoms with van der Waals surface area (Å²) in [4.78, 5) is 11.7. The van der Waals surface area contributed by atoms with Crippen molar-refractivity contribution in [2.45, 2.75) is 5.92 Å². The molecule has 0 aliphatic rings. The summed E-state index contributed by atoms with van der Waals surface area (Å²) in [5.41, 5.74) is 5.65. The Labute approximate surface area is 125 Å². The predicted octanol–water partition coefficient (Wildman–Crippen LogP) is 3.87. The molecule has 0 atom stereocenters. The van der Waals surface area contributed by atoms with Gasteiger partial charge in [-0.05, 0) is 18.2 Å². The molecular weight excluding hydrogens is 300 g/mol. The highest BCUT2D eigenvalue weighted by Gasteiger charge is 2.33. The highest BCUT2D eigenvalue weighted by atomic mass is 35.5. The SMILES string of the molecule is Nc1ccc(C(=O)OCC(F)(F)c2ccccc2)cc1Cl. The molecule has 0 spiro atoms. The highest BCUT2D eigenvalue weighted by Crippen LogP contribution is 2.28. The van der Waals surface area contributed by atoms with Crippen LogP contribution in [0.3, 0.4) is 0 Å². The maximum absolute atomic E-state index is 13.9. The van der Waals surface area contributed by atoms with Crippen LogP contribution in [-0.2, 0) is 10.7 Å². The van der Waals surface area contributed by atoms with E-state index in [1.54, 1.807) is 6.07 Å². The van der Waals surface area contributed by atoms with Crippen LogP contribution < -0.4 is 5.73 Å². The number of nitrogens with two attached hydrogens (primary N) is 1. The minimum Gasteiger partial charge on any atom is -0.455 e. The van der Waals surface area contributed by atoms with Gasteiger partial charge in [0, 0.05) is 5.56 Å². The number of esters is 1. The third kappa shape index (κ3) is 3.70. The van der Waals surface area contributed by atoms with Crippen LogP contribution in [0.25, 0.3) is 0 Å². The summed E-state index contributed by atoms with van der Waals surface area (Å²) in [6.07, 6.45) is 0. The van der Waals surface area contributed by atoms with Crippen molar-refractivity contribution in [1.82, 2.24) is 0 Å². The van der Waals surface area contributed by atoms with Crippen LogP contribution in [0, 0.1) is 0 Å². The smallest absolute Gasteiger partial charge is 0.338 e. The molecular formula is C15H12ClF2NO2. The van der Waals surface area contributed by atoms with Crippen LogP contribution in [-0.4, -0.2) is 12.6 Å². The lowest BCUT2D eigenvalue weighted by Gasteiger charge is -2.16. The van der Waals surface area contributed by atoms with Crippen LogP contribution in [0.4, 0.5) is 14.5 Å². The molecule has 2 aromatic rings. The Kier molecular flexibility index (Phi) is 4.43. The number of hydrogen-bond donors (Lipinski definition) is 1. The molecule has 0 radical (unpaired) electrons. The standard InChI is InChI=1S/C15H12ClF2NO2/c16-12-8-10(6-7-13(12)19)14(20)21-9-15(17,18)11-4-2-1-3-5-11/h1-8H,9,19H2. The second-order valence-corrected chi connectivity index (χ2v) is 4.79. The largest absolute Gasteiger partial charge is 0.455 e. The quantitative estimate of drug-likeness (QED) is 0.689. The molecule has 2 aromatic carbocycles. The molecule has 0 saturated carbocycles. The fourth-order valence-corrected chi connectivity index (χ4v) is 1.84. The van der Waals surface area contributed by atoms with Crippen LogP contribution >= 0.6 is 11.6 Å². The summed E-state index contributed by atoms with van der Waals surface area (Å²) in [5, 5.41) is 0.166. The molecule has 0 saturated heterocycles. The Morgan fingerprint density at radius 1 is 1.19 bits per heavy atom. The number of rotatable bonds is 4. The summed E-state index contributed by atoms with van der Waals surface area (Å²) in [7, 11) is 0. The maximum atomic E-state index is 13.9. The van der Waals surface area contributed by atoms with Gasteiger partial charge in [-0.3, -0.25) is 0 Å². The first-order valence-electron chi connectivity index (χ1n) is 6.05. The number of anilines is 1. The van der Waals surface area contributed by atoms with Crippen molar-refractivity contribution in [3.8, 4) is 0 Å². The third-order valence-electron chi connectivity index (χ3n) is 2.82. The minimum atomic E-state index is -3.26.